The van der Waals surface area contributed by atoms with Crippen LogP contribution in [0.2, 0.25) is 0 Å². The fourth-order valence-corrected chi connectivity index (χ4v) is 3.51. The lowest BCUT2D eigenvalue weighted by molar-refractivity contribution is 0.183. The van der Waals surface area contributed by atoms with E-state index in [1.165, 1.54) is 25.7 Å². The van der Waals surface area contributed by atoms with Crippen molar-refractivity contribution >= 4 is 0 Å². The molecule has 0 spiro atoms. The molecule has 0 radical (unpaired) electrons. The molecule has 2 fully saturated rings. The molecular weight excluding hydrogens is 132 g/mol. The zero-order valence-corrected chi connectivity index (χ0v) is 8.06. The van der Waals surface area contributed by atoms with Crippen LogP contribution in [-0.2, 0) is 0 Å². The largest absolute Gasteiger partial charge is 0.0651 e. The summed E-state index contributed by atoms with van der Waals surface area (Å²) in [6.45, 7) is 7.32. The van der Waals surface area contributed by atoms with Crippen LogP contribution in [0, 0.1) is 23.2 Å². The van der Waals surface area contributed by atoms with Gasteiger partial charge in [0.2, 0.25) is 0 Å². The highest BCUT2D eigenvalue weighted by Crippen LogP contribution is 2.60. The van der Waals surface area contributed by atoms with Gasteiger partial charge in [-0.15, -0.1) is 0 Å². The minimum absolute atomic E-state index is 0.741. The first kappa shape index (κ1) is 7.64. The van der Waals surface area contributed by atoms with Crippen LogP contribution in [-0.4, -0.2) is 0 Å². The average Bonchev–Trinajstić information content (AvgIpc) is 2.40. The van der Waals surface area contributed by atoms with Crippen molar-refractivity contribution in [3.63, 3.8) is 0 Å². The van der Waals surface area contributed by atoms with Gasteiger partial charge in [-0.25, -0.2) is 0 Å². The van der Waals surface area contributed by atoms with E-state index in [1.807, 2.05) is 0 Å². The lowest BCUT2D eigenvalue weighted by Crippen LogP contribution is -2.22. The molecule has 0 N–H and O–H groups in total. The third kappa shape index (κ3) is 0.947. The molecule has 0 nitrogen and oxygen atoms in total. The molecule has 0 heterocycles. The van der Waals surface area contributed by atoms with E-state index in [0.717, 1.165) is 23.2 Å². The maximum absolute atomic E-state index is 2.51. The Morgan fingerprint density at radius 3 is 2.45 bits per heavy atom. The standard InChI is InChI=1S/C11H20/c1-4-9-6-11(3)7-10(9)5-8(11)2/h8-10H,4-7H2,1-3H3. The number of fused-ring (bicyclic) bond motifs is 2. The van der Waals surface area contributed by atoms with E-state index in [1.54, 1.807) is 0 Å². The van der Waals surface area contributed by atoms with Gasteiger partial charge in [0.1, 0.15) is 0 Å². The van der Waals surface area contributed by atoms with Crippen molar-refractivity contribution in [1.82, 2.24) is 0 Å². The summed E-state index contributed by atoms with van der Waals surface area (Å²) in [5.41, 5.74) is 0.741. The van der Waals surface area contributed by atoms with Gasteiger partial charge in [-0.05, 0) is 42.4 Å². The second kappa shape index (κ2) is 2.24. The summed E-state index contributed by atoms with van der Waals surface area (Å²) < 4.78 is 0. The van der Waals surface area contributed by atoms with Crippen molar-refractivity contribution in [1.29, 1.82) is 0 Å². The van der Waals surface area contributed by atoms with Crippen molar-refractivity contribution in [3.8, 4) is 0 Å². The lowest BCUT2D eigenvalue weighted by Gasteiger charge is -2.32. The zero-order chi connectivity index (χ0) is 8.06. The molecule has 2 bridgehead atoms. The van der Waals surface area contributed by atoms with E-state index in [2.05, 4.69) is 20.8 Å². The average molecular weight is 152 g/mol. The van der Waals surface area contributed by atoms with Gasteiger partial charge in [-0.3, -0.25) is 0 Å². The predicted octanol–water partition coefficient (Wildman–Crippen LogP) is 3.47. The van der Waals surface area contributed by atoms with E-state index >= 15 is 0 Å². The molecule has 0 amide bonds. The monoisotopic (exact) mass is 152 g/mol. The first-order valence-electron chi connectivity index (χ1n) is 5.15. The van der Waals surface area contributed by atoms with Gasteiger partial charge in [0.15, 0.2) is 0 Å². The van der Waals surface area contributed by atoms with Crippen LogP contribution in [0.15, 0.2) is 0 Å². The fourth-order valence-electron chi connectivity index (χ4n) is 3.51. The Balaban J connectivity index is 2.13. The molecule has 0 saturated heterocycles. The molecule has 2 aliphatic carbocycles. The number of hydrogen-bond acceptors (Lipinski definition) is 0. The Morgan fingerprint density at radius 1 is 1.36 bits per heavy atom. The second-order valence-electron chi connectivity index (χ2n) is 5.13. The van der Waals surface area contributed by atoms with Gasteiger partial charge >= 0.3 is 0 Å². The van der Waals surface area contributed by atoms with Gasteiger partial charge in [0.05, 0.1) is 0 Å². The molecule has 0 aromatic rings. The summed E-state index contributed by atoms with van der Waals surface area (Å²) in [7, 11) is 0. The van der Waals surface area contributed by atoms with Crippen LogP contribution < -0.4 is 0 Å². The van der Waals surface area contributed by atoms with E-state index in [-0.39, 0.29) is 0 Å². The van der Waals surface area contributed by atoms with Gasteiger partial charge in [-0.2, -0.15) is 0 Å². The topological polar surface area (TPSA) is 0 Å². The highest BCUT2D eigenvalue weighted by molar-refractivity contribution is 5.00. The lowest BCUT2D eigenvalue weighted by atomic mass is 9.74. The van der Waals surface area contributed by atoms with Gasteiger partial charge < -0.3 is 0 Å². The first-order valence-corrected chi connectivity index (χ1v) is 5.15. The minimum atomic E-state index is 0.741. The summed E-state index contributed by atoms with van der Waals surface area (Å²) >= 11 is 0. The van der Waals surface area contributed by atoms with Crippen LogP contribution in [0.25, 0.3) is 0 Å². The molecule has 0 aromatic carbocycles. The maximum Gasteiger partial charge on any atom is -0.0295 e. The van der Waals surface area contributed by atoms with E-state index in [4.69, 9.17) is 0 Å². The quantitative estimate of drug-likeness (QED) is 0.539. The molecule has 2 saturated carbocycles. The molecule has 4 atom stereocenters. The molecule has 4 unspecified atom stereocenters. The molecule has 0 heteroatoms. The van der Waals surface area contributed by atoms with Crippen LogP contribution in [0.3, 0.4) is 0 Å². The normalized spacial score (nSPS) is 55.4. The molecule has 2 aliphatic rings. The van der Waals surface area contributed by atoms with Crippen molar-refractivity contribution < 1.29 is 0 Å². The summed E-state index contributed by atoms with van der Waals surface area (Å²) in [4.78, 5) is 0. The van der Waals surface area contributed by atoms with Crippen LogP contribution in [0.1, 0.15) is 46.5 Å². The van der Waals surface area contributed by atoms with Crippen molar-refractivity contribution in [2.45, 2.75) is 46.5 Å². The Hall–Kier alpha value is 0. The summed E-state index contributed by atoms with van der Waals surface area (Å²) in [6.07, 6.45) is 6.00. The molecule has 2 rings (SSSR count). The van der Waals surface area contributed by atoms with Crippen molar-refractivity contribution in [2.24, 2.45) is 23.2 Å². The molecule has 64 valence electrons. The van der Waals surface area contributed by atoms with Crippen LogP contribution >= 0.6 is 0 Å². The Labute approximate surface area is 70.4 Å². The SMILES string of the molecule is CCC1CC2(C)CC1CC2C. The zero-order valence-electron chi connectivity index (χ0n) is 8.06. The highest BCUT2D eigenvalue weighted by atomic mass is 14.6. The Kier molecular flexibility index (Phi) is 1.56. The summed E-state index contributed by atoms with van der Waals surface area (Å²) in [5.74, 6) is 3.19. The van der Waals surface area contributed by atoms with Gasteiger partial charge in [-0.1, -0.05) is 27.2 Å². The van der Waals surface area contributed by atoms with Crippen molar-refractivity contribution in [2.75, 3.05) is 0 Å². The van der Waals surface area contributed by atoms with Gasteiger partial charge in [0.25, 0.3) is 0 Å². The third-order valence-electron chi connectivity index (χ3n) is 4.49. The molecule has 0 aliphatic heterocycles. The third-order valence-corrected chi connectivity index (χ3v) is 4.49. The Bertz CT molecular complexity index is 161. The number of rotatable bonds is 1. The summed E-state index contributed by atoms with van der Waals surface area (Å²) in [6, 6.07) is 0. The van der Waals surface area contributed by atoms with Crippen LogP contribution in [0.4, 0.5) is 0 Å². The fraction of sp³-hybridized carbons (Fsp3) is 1.00. The van der Waals surface area contributed by atoms with Gasteiger partial charge in [0, 0.05) is 0 Å². The molecule has 11 heavy (non-hydrogen) atoms. The Morgan fingerprint density at radius 2 is 2.09 bits per heavy atom. The van der Waals surface area contributed by atoms with Crippen molar-refractivity contribution in [3.05, 3.63) is 0 Å². The summed E-state index contributed by atoms with van der Waals surface area (Å²) in [5, 5.41) is 0. The highest BCUT2D eigenvalue weighted by Gasteiger charge is 2.50. The number of hydrogen-bond donors (Lipinski definition) is 0. The first-order chi connectivity index (χ1) is 5.15. The molecular formula is C11H20. The van der Waals surface area contributed by atoms with Crippen LogP contribution in [0.5, 0.6) is 0 Å². The van der Waals surface area contributed by atoms with E-state index in [9.17, 15) is 0 Å². The second-order valence-corrected chi connectivity index (χ2v) is 5.13. The predicted molar refractivity (Wildman–Crippen MR) is 48.4 cm³/mol. The maximum atomic E-state index is 2.51. The van der Waals surface area contributed by atoms with E-state index < -0.39 is 0 Å². The molecule has 0 aromatic heterocycles. The minimum Gasteiger partial charge on any atom is -0.0651 e. The smallest absolute Gasteiger partial charge is 0.0295 e. The van der Waals surface area contributed by atoms with E-state index in [0.29, 0.717) is 0 Å².